The molecule has 3 N–H and O–H groups in total. The first-order chi connectivity index (χ1) is 9.47. The van der Waals surface area contributed by atoms with E-state index in [4.69, 9.17) is 5.11 Å². The summed E-state index contributed by atoms with van der Waals surface area (Å²) in [6.07, 6.45) is 1.63. The fourth-order valence-corrected chi connectivity index (χ4v) is 2.50. The minimum atomic E-state index is -0.855. The molecule has 0 saturated carbocycles. The number of nitrogens with zero attached hydrogens (tertiary/aromatic N) is 1. The van der Waals surface area contributed by atoms with Crippen molar-refractivity contribution in [3.63, 3.8) is 0 Å². The Balaban J connectivity index is 2.08. The number of carboxylic acids is 1. The Bertz CT molecular complexity index is 528. The summed E-state index contributed by atoms with van der Waals surface area (Å²) in [6.45, 7) is 0.989. The molecule has 1 unspecified atom stereocenters. The van der Waals surface area contributed by atoms with E-state index in [2.05, 4.69) is 0 Å². The Morgan fingerprint density at radius 3 is 2.65 bits per heavy atom. The molecule has 0 radical (unpaired) electrons. The van der Waals surface area contributed by atoms with Crippen molar-refractivity contribution in [3.8, 4) is 11.5 Å². The molecule has 0 aromatic heterocycles. The van der Waals surface area contributed by atoms with Crippen LogP contribution >= 0.6 is 0 Å². The van der Waals surface area contributed by atoms with E-state index in [0.29, 0.717) is 13.1 Å². The van der Waals surface area contributed by atoms with Crippen molar-refractivity contribution in [2.45, 2.75) is 19.3 Å². The van der Waals surface area contributed by atoms with Gasteiger partial charge in [-0.1, -0.05) is 0 Å². The summed E-state index contributed by atoms with van der Waals surface area (Å²) < 4.78 is 0. The molecule has 2 rings (SSSR count). The second kappa shape index (κ2) is 5.81. The first-order valence-electron chi connectivity index (χ1n) is 6.50. The molecule has 1 saturated heterocycles. The quantitative estimate of drug-likeness (QED) is 0.727. The van der Waals surface area contributed by atoms with Crippen LogP contribution in [0.3, 0.4) is 0 Å². The van der Waals surface area contributed by atoms with Gasteiger partial charge in [-0.05, 0) is 37.0 Å². The van der Waals surface area contributed by atoms with Gasteiger partial charge in [0.2, 0.25) is 0 Å². The molecule has 0 bridgehead atoms. The Labute approximate surface area is 116 Å². The minimum Gasteiger partial charge on any atom is -0.504 e. The number of aliphatic carboxylic acids is 1. The number of likely N-dealkylation sites (tertiary alicyclic amines) is 1. The molecule has 1 fully saturated rings. The molecular formula is C14H17NO5. The van der Waals surface area contributed by atoms with E-state index in [1.807, 2.05) is 0 Å². The van der Waals surface area contributed by atoms with Crippen LogP contribution < -0.4 is 0 Å². The smallest absolute Gasteiger partial charge is 0.303 e. The van der Waals surface area contributed by atoms with Crippen molar-refractivity contribution in [1.29, 1.82) is 0 Å². The molecule has 1 aliphatic heterocycles. The van der Waals surface area contributed by atoms with Crippen molar-refractivity contribution in [3.05, 3.63) is 23.8 Å². The molecule has 6 nitrogen and oxygen atoms in total. The maximum atomic E-state index is 12.3. The van der Waals surface area contributed by atoms with Crippen LogP contribution in [0, 0.1) is 5.92 Å². The number of hydrogen-bond acceptors (Lipinski definition) is 4. The van der Waals surface area contributed by atoms with Crippen molar-refractivity contribution >= 4 is 11.9 Å². The van der Waals surface area contributed by atoms with Gasteiger partial charge in [-0.2, -0.15) is 0 Å². The molecule has 108 valence electrons. The van der Waals surface area contributed by atoms with E-state index in [1.54, 1.807) is 4.90 Å². The number of phenols is 2. The number of amides is 1. The average Bonchev–Trinajstić information content (AvgIpc) is 2.40. The highest BCUT2D eigenvalue weighted by Gasteiger charge is 2.26. The number of aromatic hydroxyl groups is 2. The van der Waals surface area contributed by atoms with Gasteiger partial charge in [0.1, 0.15) is 0 Å². The molecule has 1 atom stereocenters. The van der Waals surface area contributed by atoms with Crippen molar-refractivity contribution in [1.82, 2.24) is 4.90 Å². The summed E-state index contributed by atoms with van der Waals surface area (Å²) in [5.41, 5.74) is 0.288. The summed E-state index contributed by atoms with van der Waals surface area (Å²) in [7, 11) is 0. The predicted molar refractivity (Wildman–Crippen MR) is 70.7 cm³/mol. The lowest BCUT2D eigenvalue weighted by molar-refractivity contribution is -0.138. The number of piperidine rings is 1. The SMILES string of the molecule is O=C(O)CC1CCCN(C(=O)c2ccc(O)c(O)c2)C1. The van der Waals surface area contributed by atoms with Crippen LogP contribution in [0.5, 0.6) is 11.5 Å². The third kappa shape index (κ3) is 3.20. The fourth-order valence-electron chi connectivity index (χ4n) is 2.50. The summed E-state index contributed by atoms with van der Waals surface area (Å²) in [6, 6.07) is 3.93. The van der Waals surface area contributed by atoms with Crippen LogP contribution in [-0.4, -0.2) is 45.2 Å². The molecule has 20 heavy (non-hydrogen) atoms. The van der Waals surface area contributed by atoms with Gasteiger partial charge in [0.25, 0.3) is 5.91 Å². The van der Waals surface area contributed by atoms with Crippen LogP contribution in [0.2, 0.25) is 0 Å². The van der Waals surface area contributed by atoms with Gasteiger partial charge in [0, 0.05) is 25.1 Å². The topological polar surface area (TPSA) is 98.1 Å². The maximum Gasteiger partial charge on any atom is 0.303 e. The van der Waals surface area contributed by atoms with Gasteiger partial charge in [0.15, 0.2) is 11.5 Å². The average molecular weight is 279 g/mol. The van der Waals surface area contributed by atoms with Gasteiger partial charge in [-0.25, -0.2) is 0 Å². The Kier molecular flexibility index (Phi) is 4.12. The third-order valence-electron chi connectivity index (χ3n) is 3.49. The second-order valence-corrected chi connectivity index (χ2v) is 5.06. The summed E-state index contributed by atoms with van der Waals surface area (Å²) in [5.74, 6) is -1.75. The molecule has 1 aromatic rings. The van der Waals surface area contributed by atoms with E-state index in [9.17, 15) is 19.8 Å². The largest absolute Gasteiger partial charge is 0.504 e. The number of carbonyl (C=O) groups excluding carboxylic acids is 1. The number of hydrogen-bond donors (Lipinski definition) is 3. The first kappa shape index (κ1) is 14.2. The van der Waals surface area contributed by atoms with Gasteiger partial charge in [0.05, 0.1) is 0 Å². The molecule has 1 heterocycles. The third-order valence-corrected chi connectivity index (χ3v) is 3.49. The zero-order chi connectivity index (χ0) is 14.7. The maximum absolute atomic E-state index is 12.3. The number of benzene rings is 1. The molecule has 1 amide bonds. The van der Waals surface area contributed by atoms with Crippen LogP contribution in [-0.2, 0) is 4.79 Å². The van der Waals surface area contributed by atoms with Crippen molar-refractivity contribution in [2.75, 3.05) is 13.1 Å². The van der Waals surface area contributed by atoms with Gasteiger partial charge >= 0.3 is 5.97 Å². The lowest BCUT2D eigenvalue weighted by Crippen LogP contribution is -2.40. The van der Waals surface area contributed by atoms with E-state index in [0.717, 1.165) is 12.8 Å². The fraction of sp³-hybridized carbons (Fsp3) is 0.429. The number of carbonyl (C=O) groups is 2. The highest BCUT2D eigenvalue weighted by atomic mass is 16.4. The van der Waals surface area contributed by atoms with E-state index in [1.165, 1.54) is 18.2 Å². The van der Waals surface area contributed by atoms with Crippen LogP contribution in [0.15, 0.2) is 18.2 Å². The molecule has 0 spiro atoms. The van der Waals surface area contributed by atoms with Crippen LogP contribution in [0.25, 0.3) is 0 Å². The zero-order valence-electron chi connectivity index (χ0n) is 11.0. The molecule has 1 aliphatic rings. The predicted octanol–water partition coefficient (Wildman–Crippen LogP) is 1.42. The zero-order valence-corrected chi connectivity index (χ0v) is 11.0. The monoisotopic (exact) mass is 279 g/mol. The Morgan fingerprint density at radius 1 is 1.25 bits per heavy atom. The van der Waals surface area contributed by atoms with E-state index < -0.39 is 5.97 Å². The first-order valence-corrected chi connectivity index (χ1v) is 6.50. The van der Waals surface area contributed by atoms with Crippen LogP contribution in [0.4, 0.5) is 0 Å². The van der Waals surface area contributed by atoms with Crippen molar-refractivity contribution in [2.24, 2.45) is 5.92 Å². The van der Waals surface area contributed by atoms with Gasteiger partial charge in [-0.15, -0.1) is 0 Å². The summed E-state index contributed by atoms with van der Waals surface area (Å²) in [5, 5.41) is 27.5. The Morgan fingerprint density at radius 2 is 2.00 bits per heavy atom. The molecule has 1 aromatic carbocycles. The van der Waals surface area contributed by atoms with Gasteiger partial charge < -0.3 is 20.2 Å². The Hall–Kier alpha value is -2.24. The summed E-state index contributed by atoms with van der Waals surface area (Å²) in [4.78, 5) is 24.6. The lowest BCUT2D eigenvalue weighted by atomic mass is 9.94. The van der Waals surface area contributed by atoms with Crippen LogP contribution in [0.1, 0.15) is 29.6 Å². The molecule has 6 heteroatoms. The number of carboxylic acid groups (broad SMARTS) is 1. The van der Waals surface area contributed by atoms with E-state index >= 15 is 0 Å². The molecule has 0 aliphatic carbocycles. The summed E-state index contributed by atoms with van der Waals surface area (Å²) >= 11 is 0. The lowest BCUT2D eigenvalue weighted by Gasteiger charge is -2.32. The normalized spacial score (nSPS) is 18.8. The molecular weight excluding hydrogens is 262 g/mol. The van der Waals surface area contributed by atoms with E-state index in [-0.39, 0.29) is 35.3 Å². The minimum absolute atomic E-state index is 0.0316. The highest BCUT2D eigenvalue weighted by molar-refractivity contribution is 5.95. The number of rotatable bonds is 3. The second-order valence-electron chi connectivity index (χ2n) is 5.06. The standard InChI is InChI=1S/C14H17NO5/c16-11-4-3-10(7-12(11)17)14(20)15-5-1-2-9(8-15)6-13(18)19/h3-4,7,9,16-17H,1-2,5-6,8H2,(H,18,19). The number of phenolic OH excluding ortho intramolecular Hbond substituents is 2. The van der Waals surface area contributed by atoms with Gasteiger partial charge in [-0.3, -0.25) is 9.59 Å². The highest BCUT2D eigenvalue weighted by Crippen LogP contribution is 2.27. The van der Waals surface area contributed by atoms with Crippen molar-refractivity contribution < 1.29 is 24.9 Å².